The van der Waals surface area contributed by atoms with Crippen LogP contribution in [0.1, 0.15) is 30.5 Å². The largest absolute Gasteiger partial charge is 0.310 e. The van der Waals surface area contributed by atoms with E-state index in [0.29, 0.717) is 5.56 Å². The van der Waals surface area contributed by atoms with Crippen LogP contribution in [0.2, 0.25) is 0 Å². The maximum Gasteiger partial charge on any atom is 0.0992 e. The first kappa shape index (κ1) is 31.8. The fraction of sp³-hybridized carbons (Fsp3) is 0.0577. The van der Waals surface area contributed by atoms with E-state index in [1.54, 1.807) is 0 Å². The smallest absolute Gasteiger partial charge is 0.0992 e. The Morgan fingerprint density at radius 2 is 1.15 bits per heavy atom. The molecule has 258 valence electrons. The molecule has 3 heteroatoms. The monoisotopic (exact) mass is 718 g/mol. The van der Waals surface area contributed by atoms with E-state index in [1.807, 2.05) is 17.4 Å². The molecule has 0 saturated carbocycles. The Morgan fingerprint density at radius 3 is 1.96 bits per heavy atom. The molecule has 0 radical (unpaired) electrons. The predicted molar refractivity (Wildman–Crippen MR) is 233 cm³/mol. The number of thiophene rings is 1. The molecule has 0 spiro atoms. The van der Waals surface area contributed by atoms with Gasteiger partial charge in [-0.25, -0.2) is 0 Å². The first-order valence-corrected chi connectivity index (χ1v) is 19.6. The second-order valence-electron chi connectivity index (χ2n) is 15.2. The summed E-state index contributed by atoms with van der Waals surface area (Å²) < 4.78 is 2.57. The number of fused-ring (bicyclic) bond motifs is 6. The summed E-state index contributed by atoms with van der Waals surface area (Å²) in [5, 5.41) is 18.4. The molecule has 0 unspecified atom stereocenters. The van der Waals surface area contributed by atoms with Crippen molar-refractivity contribution in [1.82, 2.24) is 0 Å². The van der Waals surface area contributed by atoms with Crippen molar-refractivity contribution >= 4 is 70.1 Å². The Bertz CT molecular complexity index is 3180. The van der Waals surface area contributed by atoms with Crippen LogP contribution in [0.25, 0.3) is 75.1 Å². The standard InChI is InChI=1S/C52H34N2S/c1-52(2)44-18-9-8-16-42(44)49-45(52)19-11-20-46(49)54(37-24-22-34(23-25-37)33-12-4-3-5-13-33)38-27-32(31-53)26-35(28-38)36-29-43-40-15-7-6-14-39(40)41-17-10-21-47-50(41)51(43)48(30-36)55-47/h3-30H,1-2H3. The summed E-state index contributed by atoms with van der Waals surface area (Å²) in [5.74, 6) is 0. The van der Waals surface area contributed by atoms with Gasteiger partial charge in [-0.2, -0.15) is 5.26 Å². The number of rotatable bonds is 5. The van der Waals surface area contributed by atoms with E-state index in [1.165, 1.54) is 69.5 Å². The molecule has 0 N–H and O–H groups in total. The van der Waals surface area contributed by atoms with Gasteiger partial charge in [0.1, 0.15) is 0 Å². The normalized spacial score (nSPS) is 13.0. The second kappa shape index (κ2) is 11.9. The Hall–Kier alpha value is -6.73. The van der Waals surface area contributed by atoms with Crippen LogP contribution in [-0.2, 0) is 5.41 Å². The fourth-order valence-corrected chi connectivity index (χ4v) is 10.5. The highest BCUT2D eigenvalue weighted by Gasteiger charge is 2.37. The fourth-order valence-electron chi connectivity index (χ4n) is 9.26. The van der Waals surface area contributed by atoms with Gasteiger partial charge in [0, 0.05) is 42.5 Å². The molecule has 0 fully saturated rings. The summed E-state index contributed by atoms with van der Waals surface area (Å²) in [6, 6.07) is 63.9. The number of nitriles is 1. The molecular weight excluding hydrogens is 685 g/mol. The minimum absolute atomic E-state index is 0.151. The summed E-state index contributed by atoms with van der Waals surface area (Å²) in [6.45, 7) is 4.65. The van der Waals surface area contributed by atoms with E-state index in [0.717, 1.165) is 33.8 Å². The molecule has 10 aromatic rings. The first-order valence-electron chi connectivity index (χ1n) is 18.8. The number of anilines is 3. The zero-order valence-corrected chi connectivity index (χ0v) is 31.3. The van der Waals surface area contributed by atoms with Crippen molar-refractivity contribution in [1.29, 1.82) is 5.26 Å². The van der Waals surface area contributed by atoms with E-state index in [2.05, 4.69) is 189 Å². The molecule has 1 heterocycles. The van der Waals surface area contributed by atoms with Crippen molar-refractivity contribution in [2.24, 2.45) is 0 Å². The van der Waals surface area contributed by atoms with Gasteiger partial charge in [0.2, 0.25) is 0 Å². The molecule has 11 rings (SSSR count). The SMILES string of the molecule is CC1(C)c2ccccc2-c2c(N(c3ccc(-c4ccccc4)cc3)c3cc(C#N)cc(-c4cc5sc6cccc7c8ccccc8c(c4)c5c67)c3)cccc21. The summed E-state index contributed by atoms with van der Waals surface area (Å²) in [4.78, 5) is 2.36. The molecule has 9 aromatic carbocycles. The second-order valence-corrected chi connectivity index (χ2v) is 16.3. The van der Waals surface area contributed by atoms with Crippen molar-refractivity contribution < 1.29 is 0 Å². The van der Waals surface area contributed by atoms with Gasteiger partial charge in [0.15, 0.2) is 0 Å². The molecule has 55 heavy (non-hydrogen) atoms. The lowest BCUT2D eigenvalue weighted by molar-refractivity contribution is 0.660. The first-order chi connectivity index (χ1) is 27.0. The Kier molecular flexibility index (Phi) is 6.87. The van der Waals surface area contributed by atoms with Gasteiger partial charge < -0.3 is 4.90 Å². The van der Waals surface area contributed by atoms with Crippen LogP contribution >= 0.6 is 11.3 Å². The number of hydrogen-bond acceptors (Lipinski definition) is 3. The van der Waals surface area contributed by atoms with E-state index in [4.69, 9.17) is 0 Å². The highest BCUT2D eigenvalue weighted by molar-refractivity contribution is 7.26. The Labute approximate surface area is 324 Å². The Morgan fingerprint density at radius 1 is 0.491 bits per heavy atom. The minimum Gasteiger partial charge on any atom is -0.310 e. The molecule has 0 saturated heterocycles. The van der Waals surface area contributed by atoms with Crippen molar-refractivity contribution in [3.8, 4) is 39.4 Å². The van der Waals surface area contributed by atoms with Crippen molar-refractivity contribution in [2.45, 2.75) is 19.3 Å². The molecule has 0 bridgehead atoms. The van der Waals surface area contributed by atoms with Gasteiger partial charge in [0.25, 0.3) is 0 Å². The van der Waals surface area contributed by atoms with Gasteiger partial charge in [-0.1, -0.05) is 129 Å². The zero-order valence-electron chi connectivity index (χ0n) is 30.5. The quantitative estimate of drug-likeness (QED) is 0.166. The summed E-state index contributed by atoms with van der Waals surface area (Å²) >= 11 is 1.85. The average Bonchev–Trinajstić information content (AvgIpc) is 3.73. The lowest BCUT2D eigenvalue weighted by Gasteiger charge is -2.29. The van der Waals surface area contributed by atoms with E-state index < -0.39 is 0 Å². The lowest BCUT2D eigenvalue weighted by atomic mass is 9.82. The van der Waals surface area contributed by atoms with Crippen LogP contribution in [0.15, 0.2) is 170 Å². The van der Waals surface area contributed by atoms with Gasteiger partial charge in [0.05, 0.1) is 17.3 Å². The van der Waals surface area contributed by atoms with Crippen LogP contribution < -0.4 is 4.90 Å². The van der Waals surface area contributed by atoms with Gasteiger partial charge >= 0.3 is 0 Å². The highest BCUT2D eigenvalue weighted by atomic mass is 32.1. The molecule has 0 atom stereocenters. The molecule has 1 aliphatic rings. The Balaban J connectivity index is 1.16. The topological polar surface area (TPSA) is 27.0 Å². The maximum atomic E-state index is 10.6. The van der Waals surface area contributed by atoms with E-state index in [-0.39, 0.29) is 5.41 Å². The molecular formula is C52H34N2S. The summed E-state index contributed by atoms with van der Waals surface area (Å²) in [7, 11) is 0. The van der Waals surface area contributed by atoms with E-state index in [9.17, 15) is 5.26 Å². The third-order valence-electron chi connectivity index (χ3n) is 11.8. The third-order valence-corrected chi connectivity index (χ3v) is 12.9. The summed E-state index contributed by atoms with van der Waals surface area (Å²) in [5.41, 5.74) is 13.2. The molecule has 1 aliphatic carbocycles. The average molecular weight is 719 g/mol. The highest BCUT2D eigenvalue weighted by Crippen LogP contribution is 2.54. The van der Waals surface area contributed by atoms with Gasteiger partial charge in [-0.3, -0.25) is 0 Å². The van der Waals surface area contributed by atoms with Crippen LogP contribution in [0, 0.1) is 11.3 Å². The van der Waals surface area contributed by atoms with Gasteiger partial charge in [-0.05, 0) is 115 Å². The molecule has 0 amide bonds. The van der Waals surface area contributed by atoms with Crippen LogP contribution in [-0.4, -0.2) is 0 Å². The van der Waals surface area contributed by atoms with Crippen LogP contribution in [0.3, 0.4) is 0 Å². The maximum absolute atomic E-state index is 10.6. The lowest BCUT2D eigenvalue weighted by Crippen LogP contribution is -2.16. The summed E-state index contributed by atoms with van der Waals surface area (Å²) in [6.07, 6.45) is 0. The van der Waals surface area contributed by atoms with Crippen molar-refractivity contribution in [3.05, 3.63) is 187 Å². The number of benzene rings is 9. The molecule has 2 nitrogen and oxygen atoms in total. The third kappa shape index (κ3) is 4.72. The zero-order chi connectivity index (χ0) is 36.8. The van der Waals surface area contributed by atoms with Crippen molar-refractivity contribution in [2.75, 3.05) is 4.90 Å². The number of nitrogens with zero attached hydrogens (tertiary/aromatic N) is 2. The van der Waals surface area contributed by atoms with Crippen LogP contribution in [0.5, 0.6) is 0 Å². The van der Waals surface area contributed by atoms with E-state index >= 15 is 0 Å². The number of hydrogen-bond donors (Lipinski definition) is 0. The molecule has 0 aliphatic heterocycles. The van der Waals surface area contributed by atoms with Crippen LogP contribution in [0.4, 0.5) is 17.1 Å². The minimum atomic E-state index is -0.151. The molecule has 1 aromatic heterocycles. The van der Waals surface area contributed by atoms with Crippen molar-refractivity contribution in [3.63, 3.8) is 0 Å². The van der Waals surface area contributed by atoms with Gasteiger partial charge in [-0.15, -0.1) is 11.3 Å². The predicted octanol–water partition coefficient (Wildman–Crippen LogP) is 14.8.